The van der Waals surface area contributed by atoms with Gasteiger partial charge in [-0.05, 0) is 106 Å². The highest BCUT2D eigenvalue weighted by molar-refractivity contribution is 14.1. The average molecular weight is 799 g/mol. The summed E-state index contributed by atoms with van der Waals surface area (Å²) >= 11 is 2.71. The maximum atomic E-state index is 9.30. The molecule has 5 heteroatoms. The standard InChI is InChI=1S/C48H39IN4/c1-31-23-33-25-42(49)29-48(27-31,28-33)41-21-19-35(20-22-41)43-9-5-6-10-44(43)47-52-45(36-7-3-2-4-8-36)51-46(53-47)37-15-13-34(14-16-37)39-18-17-38-24-32(30-50)11-12-40(38)26-39/h2-22,24,26,31,33,42H,23,25,27-29H2,1H3/t31-,33-,42+,48?/m0/s1. The Kier molecular flexibility index (Phi) is 8.87. The number of rotatable bonds is 6. The first kappa shape index (κ1) is 33.6. The predicted octanol–water partition coefficient (Wildman–Crippen LogP) is 12.5. The van der Waals surface area contributed by atoms with E-state index in [1.165, 1.54) is 43.2 Å². The molecule has 53 heavy (non-hydrogen) atoms. The third kappa shape index (κ3) is 6.66. The summed E-state index contributed by atoms with van der Waals surface area (Å²) in [5, 5.41) is 11.5. The van der Waals surface area contributed by atoms with Gasteiger partial charge in [0.05, 0.1) is 11.6 Å². The first-order valence-electron chi connectivity index (χ1n) is 18.6. The number of alkyl halides is 1. The summed E-state index contributed by atoms with van der Waals surface area (Å²) < 4.78 is 0.755. The molecule has 2 aliphatic rings. The van der Waals surface area contributed by atoms with Gasteiger partial charge in [-0.1, -0.05) is 151 Å². The van der Waals surface area contributed by atoms with E-state index >= 15 is 0 Å². The second-order valence-corrected chi connectivity index (χ2v) is 17.0. The van der Waals surface area contributed by atoms with Crippen LogP contribution in [0.1, 0.15) is 50.2 Å². The summed E-state index contributed by atoms with van der Waals surface area (Å²) in [5.41, 5.74) is 9.85. The number of halogens is 1. The highest BCUT2D eigenvalue weighted by Gasteiger charge is 2.45. The molecule has 2 fully saturated rings. The molecule has 1 unspecified atom stereocenters. The Balaban J connectivity index is 1.08. The Morgan fingerprint density at radius 3 is 1.92 bits per heavy atom. The van der Waals surface area contributed by atoms with E-state index in [0.29, 0.717) is 28.5 Å². The van der Waals surface area contributed by atoms with Crippen LogP contribution < -0.4 is 0 Å². The zero-order valence-electron chi connectivity index (χ0n) is 29.7. The fourth-order valence-corrected chi connectivity index (χ4v) is 10.8. The lowest BCUT2D eigenvalue weighted by atomic mass is 9.56. The van der Waals surface area contributed by atoms with Crippen molar-refractivity contribution in [2.75, 3.05) is 0 Å². The monoisotopic (exact) mass is 798 g/mol. The number of hydrogen-bond donors (Lipinski definition) is 0. The fraction of sp³-hybridized carbons (Fsp3) is 0.208. The molecule has 2 saturated carbocycles. The van der Waals surface area contributed by atoms with Gasteiger partial charge in [0.2, 0.25) is 0 Å². The van der Waals surface area contributed by atoms with Crippen molar-refractivity contribution in [2.24, 2.45) is 11.8 Å². The van der Waals surface area contributed by atoms with Crippen molar-refractivity contribution in [3.63, 3.8) is 0 Å². The van der Waals surface area contributed by atoms with Gasteiger partial charge in [-0.3, -0.25) is 0 Å². The van der Waals surface area contributed by atoms with Gasteiger partial charge >= 0.3 is 0 Å². The number of nitriles is 1. The number of hydrogen-bond acceptors (Lipinski definition) is 4. The van der Waals surface area contributed by atoms with E-state index in [0.717, 1.165) is 59.9 Å². The molecule has 0 spiro atoms. The molecule has 4 atom stereocenters. The zero-order valence-corrected chi connectivity index (χ0v) is 31.9. The predicted molar refractivity (Wildman–Crippen MR) is 224 cm³/mol. The lowest BCUT2D eigenvalue weighted by molar-refractivity contribution is 0.117. The van der Waals surface area contributed by atoms with Crippen LogP contribution in [0, 0.1) is 23.2 Å². The van der Waals surface area contributed by atoms with Crippen LogP contribution in [0.2, 0.25) is 0 Å². The van der Waals surface area contributed by atoms with Crippen LogP contribution in [0.15, 0.2) is 140 Å². The molecule has 1 aromatic heterocycles. The third-order valence-electron chi connectivity index (χ3n) is 11.4. The molecular weight excluding hydrogens is 759 g/mol. The number of aromatic nitrogens is 3. The smallest absolute Gasteiger partial charge is 0.164 e. The Morgan fingerprint density at radius 1 is 0.566 bits per heavy atom. The van der Waals surface area contributed by atoms with E-state index in [1.807, 2.05) is 36.4 Å². The minimum absolute atomic E-state index is 0.296. The van der Waals surface area contributed by atoms with Gasteiger partial charge in [-0.2, -0.15) is 5.26 Å². The lowest BCUT2D eigenvalue weighted by Crippen LogP contribution is -2.43. The highest BCUT2D eigenvalue weighted by Crippen LogP contribution is 2.54. The van der Waals surface area contributed by atoms with Crippen molar-refractivity contribution >= 4 is 33.4 Å². The maximum absolute atomic E-state index is 9.30. The normalized spacial score (nSPS) is 20.9. The van der Waals surface area contributed by atoms with Gasteiger partial charge in [0.15, 0.2) is 17.5 Å². The summed E-state index contributed by atoms with van der Waals surface area (Å²) in [5.74, 6) is 3.58. The molecule has 0 amide bonds. The molecular formula is C48H39IN4. The van der Waals surface area contributed by atoms with Gasteiger partial charge in [-0.15, -0.1) is 0 Å². The number of fused-ring (bicyclic) bond motifs is 3. The van der Waals surface area contributed by atoms with E-state index in [2.05, 4.69) is 139 Å². The van der Waals surface area contributed by atoms with Crippen LogP contribution in [-0.4, -0.2) is 18.9 Å². The first-order chi connectivity index (χ1) is 25.9. The van der Waals surface area contributed by atoms with Crippen LogP contribution in [0.25, 0.3) is 67.2 Å². The largest absolute Gasteiger partial charge is 0.208 e. The number of nitrogens with zero attached hydrogens (tertiary/aromatic N) is 4. The van der Waals surface area contributed by atoms with Crippen molar-refractivity contribution < 1.29 is 0 Å². The van der Waals surface area contributed by atoms with Crippen molar-refractivity contribution in [3.05, 3.63) is 151 Å². The topological polar surface area (TPSA) is 62.5 Å². The van der Waals surface area contributed by atoms with E-state index < -0.39 is 0 Å². The molecule has 1 heterocycles. The molecule has 4 nitrogen and oxygen atoms in total. The fourth-order valence-electron chi connectivity index (χ4n) is 9.19. The first-order valence-corrected chi connectivity index (χ1v) is 19.9. The van der Waals surface area contributed by atoms with E-state index in [-0.39, 0.29) is 0 Å². The highest BCUT2D eigenvalue weighted by atomic mass is 127. The minimum atomic E-state index is 0.296. The Labute approximate surface area is 325 Å². The van der Waals surface area contributed by atoms with Crippen LogP contribution in [0.5, 0.6) is 0 Å². The van der Waals surface area contributed by atoms with Gasteiger partial charge in [0.1, 0.15) is 0 Å². The maximum Gasteiger partial charge on any atom is 0.164 e. The lowest BCUT2D eigenvalue weighted by Gasteiger charge is -2.50. The Morgan fingerprint density at radius 2 is 1.17 bits per heavy atom. The van der Waals surface area contributed by atoms with Crippen molar-refractivity contribution in [1.29, 1.82) is 5.26 Å². The van der Waals surface area contributed by atoms with Crippen molar-refractivity contribution in [3.8, 4) is 62.5 Å². The van der Waals surface area contributed by atoms with E-state index in [4.69, 9.17) is 15.0 Å². The van der Waals surface area contributed by atoms with Gasteiger partial charge in [0, 0.05) is 20.6 Å². The third-order valence-corrected chi connectivity index (χ3v) is 12.4. The SMILES string of the molecule is C[C@H]1C[C@H]2C[C@@H](I)CC(c3ccc(-c4ccccc4-c4nc(-c5ccccc5)nc(-c5ccc(-c6ccc7cc(C#N)ccc7c6)cc5)n4)cc3)(C1)C2. The summed E-state index contributed by atoms with van der Waals surface area (Å²) in [7, 11) is 0. The second-order valence-electron chi connectivity index (χ2n) is 15.2. The van der Waals surface area contributed by atoms with Crippen molar-refractivity contribution in [1.82, 2.24) is 15.0 Å². The molecule has 6 aromatic carbocycles. The van der Waals surface area contributed by atoms with Gasteiger partial charge in [-0.25, -0.2) is 15.0 Å². The molecule has 2 bridgehead atoms. The summed E-state index contributed by atoms with van der Waals surface area (Å²) in [6.45, 7) is 2.46. The molecule has 258 valence electrons. The summed E-state index contributed by atoms with van der Waals surface area (Å²) in [6, 6.07) is 51.0. The van der Waals surface area contributed by atoms with Crippen LogP contribution in [0.3, 0.4) is 0 Å². The average Bonchev–Trinajstić information content (AvgIpc) is 3.20. The molecule has 0 N–H and O–H groups in total. The zero-order chi connectivity index (χ0) is 35.9. The molecule has 0 saturated heterocycles. The van der Waals surface area contributed by atoms with E-state index in [1.54, 1.807) is 0 Å². The minimum Gasteiger partial charge on any atom is -0.208 e. The van der Waals surface area contributed by atoms with Crippen LogP contribution in [0.4, 0.5) is 0 Å². The summed E-state index contributed by atoms with van der Waals surface area (Å²) in [4.78, 5) is 15.3. The Hall–Kier alpha value is -5.19. The van der Waals surface area contributed by atoms with Crippen LogP contribution in [-0.2, 0) is 5.41 Å². The molecule has 9 rings (SSSR count). The molecule has 0 aliphatic heterocycles. The quantitative estimate of drug-likeness (QED) is 0.124. The van der Waals surface area contributed by atoms with Crippen molar-refractivity contribution in [2.45, 2.75) is 48.4 Å². The number of benzene rings is 6. The van der Waals surface area contributed by atoms with Crippen LogP contribution >= 0.6 is 22.6 Å². The Bertz CT molecular complexity index is 2470. The second kappa shape index (κ2) is 14.0. The van der Waals surface area contributed by atoms with Gasteiger partial charge in [0.25, 0.3) is 0 Å². The van der Waals surface area contributed by atoms with E-state index in [9.17, 15) is 5.26 Å². The summed E-state index contributed by atoms with van der Waals surface area (Å²) in [6.07, 6.45) is 6.66. The molecule has 0 radical (unpaired) electrons. The molecule has 7 aromatic rings. The van der Waals surface area contributed by atoms with Gasteiger partial charge < -0.3 is 0 Å². The molecule has 2 aliphatic carbocycles.